The third-order valence-electron chi connectivity index (χ3n) is 19.4. The van der Waals surface area contributed by atoms with E-state index in [-0.39, 0.29) is 47.7 Å². The molecule has 15 atom stereocenters. The van der Waals surface area contributed by atoms with Gasteiger partial charge >= 0.3 is 0 Å². The number of unbranched alkanes of at least 4 members (excludes halogenated alkanes) is 3. The molecule has 1 aliphatic heterocycles. The van der Waals surface area contributed by atoms with Gasteiger partial charge in [0.15, 0.2) is 0 Å². The maximum atomic E-state index is 11.5. The molecular formula is C83H127N3O9. The van der Waals surface area contributed by atoms with Gasteiger partial charge in [0.2, 0.25) is 17.7 Å². The van der Waals surface area contributed by atoms with E-state index < -0.39 is 18.3 Å². The van der Waals surface area contributed by atoms with Crippen LogP contribution in [0.1, 0.15) is 194 Å². The molecule has 0 unspecified atom stereocenters. The predicted molar refractivity (Wildman–Crippen MR) is 392 cm³/mol. The minimum atomic E-state index is -0.589. The van der Waals surface area contributed by atoms with Crippen molar-refractivity contribution in [1.82, 2.24) is 16.0 Å². The number of amides is 3. The summed E-state index contributed by atoms with van der Waals surface area (Å²) in [7, 11) is 0. The number of aliphatic hydroxyl groups excluding tert-OH is 5. The van der Waals surface area contributed by atoms with Gasteiger partial charge in [-0.3, -0.25) is 14.4 Å². The lowest BCUT2D eigenvalue weighted by atomic mass is 9.85. The molecule has 3 aromatic rings. The summed E-state index contributed by atoms with van der Waals surface area (Å²) in [6.07, 6.45) is 44.0. The molecule has 1 saturated heterocycles. The van der Waals surface area contributed by atoms with Crippen LogP contribution >= 0.6 is 0 Å². The third kappa shape index (κ3) is 34.9. The zero-order valence-corrected chi connectivity index (χ0v) is 59.4. The zero-order chi connectivity index (χ0) is 68.8. The van der Waals surface area contributed by atoms with E-state index in [9.17, 15) is 39.9 Å². The van der Waals surface area contributed by atoms with Gasteiger partial charge in [-0.15, -0.1) is 0 Å². The van der Waals surface area contributed by atoms with Crippen molar-refractivity contribution in [2.45, 2.75) is 227 Å². The van der Waals surface area contributed by atoms with Crippen molar-refractivity contribution in [2.24, 2.45) is 59.2 Å². The Hall–Kier alpha value is -5.73. The Balaban J connectivity index is 0.000000291. The van der Waals surface area contributed by atoms with Crippen LogP contribution in [0.2, 0.25) is 0 Å². The van der Waals surface area contributed by atoms with Crippen LogP contribution in [-0.2, 0) is 38.4 Å². The molecule has 4 fully saturated rings. The number of benzene rings is 3. The standard InChI is InChI=1S/2C27H41NO2.C25H37NO4.C4H8O/c1-4-28-27(30)15-11-6-5-10-14-25-24(22(3)20-26(25)29)19-17-21(2)16-18-23-12-8-7-9-13-23;1-4-28-27(30)15-11-6-5-10-14-24-22(3)20-26(29)25(24)19-17-21(2)16-18-23-12-8-7-9-13-23;1-2-26-25(30)13-9-4-3-8-12-21-22(24(29)18-23(21)28)17-16-20(27)15-14-19-10-6-5-7-11-19;1-2-4-5-3-1/h2*5,7-10,12-13,17,19,21-22,24-26,29H,4,6,11,14-16,18,20H2,1-3H3,(H,28,30);3,5-8,10-11,16-17,20-24,27-29H,2,4,9,12-15,18H2,1H3,(H,26,30);1-4H2/b2*10-5-,19-17+;8-3-,17-16+;/t21-,22+,24-,25+,26-;21-,22-,24-,25+,26+;20-,21+,22+,23-,24+;/m000./s1. The first-order valence-corrected chi connectivity index (χ1v) is 36.9. The summed E-state index contributed by atoms with van der Waals surface area (Å²) in [6, 6.07) is 31.4. The summed E-state index contributed by atoms with van der Waals surface area (Å²) in [5, 5.41) is 60.6. The Labute approximate surface area is 574 Å². The fourth-order valence-corrected chi connectivity index (χ4v) is 13.6. The second-order valence-corrected chi connectivity index (χ2v) is 27.4. The first-order chi connectivity index (χ1) is 46.0. The first kappa shape index (κ1) is 81.7. The summed E-state index contributed by atoms with van der Waals surface area (Å²) < 4.78 is 4.94. The molecule has 12 nitrogen and oxygen atoms in total. The van der Waals surface area contributed by atoms with Crippen LogP contribution in [0.3, 0.4) is 0 Å². The summed E-state index contributed by atoms with van der Waals surface area (Å²) >= 11 is 0. The van der Waals surface area contributed by atoms with E-state index >= 15 is 0 Å². The fraction of sp³-hybridized carbons (Fsp3) is 0.602. The van der Waals surface area contributed by atoms with Crippen molar-refractivity contribution in [1.29, 1.82) is 0 Å². The van der Waals surface area contributed by atoms with Crippen molar-refractivity contribution in [2.75, 3.05) is 32.8 Å². The van der Waals surface area contributed by atoms with Gasteiger partial charge in [-0.1, -0.05) is 192 Å². The van der Waals surface area contributed by atoms with Crippen LogP contribution in [0.15, 0.2) is 164 Å². The number of aliphatic hydroxyl groups is 5. The molecule has 0 bridgehead atoms. The van der Waals surface area contributed by atoms with Crippen LogP contribution in [0.4, 0.5) is 0 Å². The van der Waals surface area contributed by atoms with Gasteiger partial charge in [0.05, 0.1) is 30.5 Å². The molecule has 1 heterocycles. The van der Waals surface area contributed by atoms with Crippen LogP contribution < -0.4 is 16.0 Å². The van der Waals surface area contributed by atoms with Gasteiger partial charge in [-0.2, -0.15) is 0 Å². The van der Waals surface area contributed by atoms with Crippen molar-refractivity contribution >= 4 is 17.7 Å². The van der Waals surface area contributed by atoms with Gasteiger partial charge in [0.25, 0.3) is 0 Å². The number of hydrogen-bond donors (Lipinski definition) is 8. The quantitative estimate of drug-likeness (QED) is 0.0206. The van der Waals surface area contributed by atoms with Crippen LogP contribution in [0.25, 0.3) is 0 Å². The molecule has 95 heavy (non-hydrogen) atoms. The number of carbonyl (C=O) groups excluding carboxylic acids is 3. The average Bonchev–Trinajstić information content (AvgIpc) is 1.72. The molecule has 7 rings (SSSR count). The molecular weight excluding hydrogens is 1180 g/mol. The molecule has 3 amide bonds. The van der Waals surface area contributed by atoms with E-state index in [4.69, 9.17) is 4.74 Å². The van der Waals surface area contributed by atoms with Crippen molar-refractivity contribution < 1.29 is 44.7 Å². The molecule has 0 aromatic heterocycles. The van der Waals surface area contributed by atoms with E-state index in [0.29, 0.717) is 99.6 Å². The van der Waals surface area contributed by atoms with Gasteiger partial charge < -0.3 is 46.2 Å². The molecule has 0 spiro atoms. The van der Waals surface area contributed by atoms with Crippen molar-refractivity contribution in [3.05, 3.63) is 181 Å². The molecule has 8 N–H and O–H groups in total. The maximum Gasteiger partial charge on any atom is 0.219 e. The monoisotopic (exact) mass is 1310 g/mol. The lowest BCUT2D eigenvalue weighted by molar-refractivity contribution is -0.121. The SMILES string of the molecule is C1CCOC1.CCNC(=O)CCC/C=C\C[C@@H]1[C@@H](/C=C/[C@@H](C)CCc2ccccc2)[C@H](C)C[C@@H]1O.CCNC(=O)CCC/C=C\C[C@@H]1[C@@H](/C=C/[C@@H](C)CCc2ccccc2)[C@H](O)C[C@@H]1C.CCNC(=O)CCC/C=C\C[C@@H]1[C@@H](/C=C/[C@@H](O)CCc2ccccc2)[C@H](O)C[C@@H]1O. The highest BCUT2D eigenvalue weighted by Gasteiger charge is 2.40. The second-order valence-electron chi connectivity index (χ2n) is 27.4. The summed E-state index contributed by atoms with van der Waals surface area (Å²) in [5.41, 5.74) is 3.98. The molecule has 4 aliphatic rings. The molecule has 3 aliphatic carbocycles. The molecule has 0 radical (unpaired) electrons. The Morgan fingerprint density at radius 1 is 0.463 bits per heavy atom. The second kappa shape index (κ2) is 49.7. The molecule has 3 aromatic carbocycles. The summed E-state index contributed by atoms with van der Waals surface area (Å²) in [6.45, 7) is 19.0. The number of nitrogens with one attached hydrogen (secondary N) is 3. The minimum Gasteiger partial charge on any atom is -0.393 e. The third-order valence-corrected chi connectivity index (χ3v) is 19.4. The Kier molecular flexibility index (Phi) is 42.8. The van der Waals surface area contributed by atoms with E-state index in [2.05, 4.69) is 153 Å². The average molecular weight is 1310 g/mol. The number of aryl methyl sites for hydroxylation is 3. The lowest BCUT2D eigenvalue weighted by Crippen LogP contribution is -2.21. The number of rotatable bonds is 36. The number of hydrogen-bond acceptors (Lipinski definition) is 9. The van der Waals surface area contributed by atoms with Gasteiger partial charge in [-0.25, -0.2) is 0 Å². The van der Waals surface area contributed by atoms with Gasteiger partial charge in [-0.05, 0) is 207 Å². The lowest BCUT2D eigenvalue weighted by Gasteiger charge is -2.20. The first-order valence-electron chi connectivity index (χ1n) is 36.9. The largest absolute Gasteiger partial charge is 0.393 e. The number of allylic oxidation sites excluding steroid dienone is 9. The van der Waals surface area contributed by atoms with Crippen LogP contribution in [0.5, 0.6) is 0 Å². The molecule has 528 valence electrons. The highest BCUT2D eigenvalue weighted by atomic mass is 16.5. The zero-order valence-electron chi connectivity index (χ0n) is 59.4. The Morgan fingerprint density at radius 3 is 1.24 bits per heavy atom. The summed E-state index contributed by atoms with van der Waals surface area (Å²) in [5.74, 6) is 3.75. The van der Waals surface area contributed by atoms with E-state index in [0.717, 1.165) is 110 Å². The van der Waals surface area contributed by atoms with Crippen molar-refractivity contribution in [3.8, 4) is 0 Å². The number of ether oxygens (including phenoxy) is 1. The maximum absolute atomic E-state index is 11.5. The topological polar surface area (TPSA) is 198 Å². The van der Waals surface area contributed by atoms with Crippen molar-refractivity contribution in [3.63, 3.8) is 0 Å². The van der Waals surface area contributed by atoms with Crippen LogP contribution in [-0.4, -0.2) is 107 Å². The molecule has 3 saturated carbocycles. The smallest absolute Gasteiger partial charge is 0.219 e. The van der Waals surface area contributed by atoms with Gasteiger partial charge in [0.1, 0.15) is 0 Å². The Bertz CT molecular complexity index is 2370. The normalized spacial score (nSPS) is 25.1. The highest BCUT2D eigenvalue weighted by molar-refractivity contribution is 5.76. The number of carbonyl (C=O) groups is 3. The van der Waals surface area contributed by atoms with Gasteiger partial charge in [0, 0.05) is 70.4 Å². The fourth-order valence-electron chi connectivity index (χ4n) is 13.6. The predicted octanol–water partition coefficient (Wildman–Crippen LogP) is 15.3. The minimum absolute atomic E-state index is 0.0581. The molecule has 12 heteroatoms. The van der Waals surface area contributed by atoms with E-state index in [1.807, 2.05) is 69.3 Å². The van der Waals surface area contributed by atoms with Crippen LogP contribution in [0, 0.1) is 59.2 Å². The highest BCUT2D eigenvalue weighted by Crippen LogP contribution is 2.42. The Morgan fingerprint density at radius 2 is 0.821 bits per heavy atom. The summed E-state index contributed by atoms with van der Waals surface area (Å²) in [4.78, 5) is 34.4. The van der Waals surface area contributed by atoms with E-state index in [1.54, 1.807) is 6.08 Å². The van der Waals surface area contributed by atoms with E-state index in [1.165, 1.54) is 29.5 Å².